The van der Waals surface area contributed by atoms with Crippen LogP contribution >= 0.6 is 7.60 Å². The molecule has 0 aliphatic rings. The topological polar surface area (TPSA) is 166 Å². The predicted octanol–water partition coefficient (Wildman–Crippen LogP) is 7.63. The lowest BCUT2D eigenvalue weighted by Gasteiger charge is -2.32. The van der Waals surface area contributed by atoms with Crippen LogP contribution in [0.4, 0.5) is 0 Å². The molecule has 0 saturated carbocycles. The molecule has 56 heavy (non-hydrogen) atoms. The molecule has 3 aromatic carbocycles. The average Bonchev–Trinajstić information content (AvgIpc) is 3.07. The molecule has 0 aliphatic carbocycles. The molecular formula is C44H61N4O7P. The van der Waals surface area contributed by atoms with Gasteiger partial charge in [0.1, 0.15) is 11.6 Å². The molecule has 0 saturated heterocycles. The number of nitrogens with one attached hydrogen (secondary N) is 3. The minimum Gasteiger partial charge on any atom is -0.370 e. The van der Waals surface area contributed by atoms with E-state index < -0.39 is 66.3 Å². The van der Waals surface area contributed by atoms with Crippen LogP contribution in [0.2, 0.25) is 0 Å². The van der Waals surface area contributed by atoms with Crippen LogP contribution in [0, 0.1) is 5.92 Å². The molecule has 5 N–H and O–H groups in total. The van der Waals surface area contributed by atoms with E-state index in [2.05, 4.69) is 53.4 Å². The Hall–Kier alpha value is -4.57. The third-order valence-electron chi connectivity index (χ3n) is 8.80. The monoisotopic (exact) mass is 788 g/mol. The zero-order valence-corrected chi connectivity index (χ0v) is 35.2. The summed E-state index contributed by atoms with van der Waals surface area (Å²) in [4.78, 5) is 52.2. The maximum absolute atomic E-state index is 13.8. The number of rotatable bonds is 20. The fourth-order valence-electron chi connectivity index (χ4n) is 6.38. The highest BCUT2D eigenvalue weighted by Gasteiger charge is 2.36. The number of primary amides is 1. The summed E-state index contributed by atoms with van der Waals surface area (Å²) in [5.74, 6) is -2.83. The van der Waals surface area contributed by atoms with E-state index in [0.717, 1.165) is 27.5 Å². The summed E-state index contributed by atoms with van der Waals surface area (Å²) < 4.78 is 25.6. The van der Waals surface area contributed by atoms with Gasteiger partial charge in [0.25, 0.3) is 0 Å². The van der Waals surface area contributed by atoms with Crippen molar-refractivity contribution in [3.63, 3.8) is 0 Å². The Morgan fingerprint density at radius 3 is 2.02 bits per heavy atom. The molecule has 0 aromatic heterocycles. The quantitative estimate of drug-likeness (QED) is 0.0675. The number of carbonyl (C=O) groups excluding carboxylic acids is 4. The summed E-state index contributed by atoms with van der Waals surface area (Å²) in [7, 11) is -3.52. The molecule has 304 valence electrons. The van der Waals surface area contributed by atoms with Gasteiger partial charge in [-0.15, -0.1) is 13.2 Å². The lowest BCUT2D eigenvalue weighted by molar-refractivity contribution is -0.136. The van der Waals surface area contributed by atoms with Crippen molar-refractivity contribution in [2.45, 2.75) is 116 Å². The Morgan fingerprint density at radius 1 is 0.839 bits per heavy atom. The van der Waals surface area contributed by atoms with Gasteiger partial charge in [0.2, 0.25) is 23.6 Å². The largest absolute Gasteiger partial charge is 0.370 e. The number of fused-ring (bicyclic) bond motifs is 1. The Morgan fingerprint density at radius 2 is 1.45 bits per heavy atom. The van der Waals surface area contributed by atoms with Crippen LogP contribution in [0.15, 0.2) is 92.0 Å². The molecule has 0 bridgehead atoms. The summed E-state index contributed by atoms with van der Waals surface area (Å²) >= 11 is 0. The zero-order chi connectivity index (χ0) is 41.9. The fourth-order valence-corrected chi connectivity index (χ4v) is 8.87. The normalized spacial score (nSPS) is 13.9. The summed E-state index contributed by atoms with van der Waals surface area (Å²) in [6.07, 6.45) is 4.37. The molecule has 3 atom stereocenters. The molecule has 0 radical (unpaired) electrons. The van der Waals surface area contributed by atoms with Gasteiger partial charge < -0.3 is 30.7 Å². The van der Waals surface area contributed by atoms with Crippen LogP contribution in [-0.4, -0.2) is 53.0 Å². The van der Waals surface area contributed by atoms with Crippen molar-refractivity contribution < 1.29 is 32.8 Å². The highest BCUT2D eigenvalue weighted by molar-refractivity contribution is 7.53. The second-order valence-corrected chi connectivity index (χ2v) is 18.7. The maximum Gasteiger partial charge on any atom is 0.336 e. The van der Waals surface area contributed by atoms with E-state index in [-0.39, 0.29) is 25.0 Å². The van der Waals surface area contributed by atoms with Crippen LogP contribution in [0.1, 0.15) is 97.3 Å². The summed E-state index contributed by atoms with van der Waals surface area (Å²) in [6, 6.07) is 20.3. The summed E-state index contributed by atoms with van der Waals surface area (Å²) in [6.45, 7) is 22.0. The van der Waals surface area contributed by atoms with Crippen molar-refractivity contribution in [1.29, 1.82) is 0 Å². The first kappa shape index (κ1) is 45.8. The SMILES string of the molecule is C=CC[C@H](CNC(=O)[C@H](CC(N)=O)NC(=O)C(C)(C)NC(=O)C[C@H](C=C)c1ccc(CP(=O)(OC(C)(C)C)OC(C)(C)C)cc1)Cc1cccc2ccccc12. The smallest absolute Gasteiger partial charge is 0.336 e. The van der Waals surface area contributed by atoms with E-state index >= 15 is 0 Å². The van der Waals surface area contributed by atoms with E-state index in [1.54, 1.807) is 12.2 Å². The van der Waals surface area contributed by atoms with E-state index in [1.807, 2.05) is 84.0 Å². The summed E-state index contributed by atoms with van der Waals surface area (Å²) in [5.41, 5.74) is 5.33. The van der Waals surface area contributed by atoms with Gasteiger partial charge in [-0.25, -0.2) is 0 Å². The molecule has 0 fully saturated rings. The van der Waals surface area contributed by atoms with Gasteiger partial charge >= 0.3 is 7.60 Å². The van der Waals surface area contributed by atoms with Gasteiger partial charge in [-0.05, 0) is 102 Å². The first-order valence-electron chi connectivity index (χ1n) is 19.0. The third kappa shape index (κ3) is 14.8. The van der Waals surface area contributed by atoms with Gasteiger partial charge in [0.05, 0.1) is 23.8 Å². The molecule has 0 unspecified atom stereocenters. The first-order valence-corrected chi connectivity index (χ1v) is 20.7. The minimum absolute atomic E-state index is 0.00335. The number of amides is 4. The molecule has 0 spiro atoms. The lowest BCUT2D eigenvalue weighted by atomic mass is 9.92. The molecule has 4 amide bonds. The van der Waals surface area contributed by atoms with Crippen molar-refractivity contribution in [2.75, 3.05) is 6.54 Å². The molecule has 12 heteroatoms. The minimum atomic E-state index is -3.52. The van der Waals surface area contributed by atoms with Gasteiger partial charge in [-0.2, -0.15) is 0 Å². The van der Waals surface area contributed by atoms with Crippen molar-refractivity contribution in [3.8, 4) is 0 Å². The highest BCUT2D eigenvalue weighted by atomic mass is 31.2. The lowest BCUT2D eigenvalue weighted by Crippen LogP contribution is -2.59. The van der Waals surface area contributed by atoms with Crippen LogP contribution in [-0.2, 0) is 45.4 Å². The van der Waals surface area contributed by atoms with Gasteiger partial charge in [-0.3, -0.25) is 23.7 Å². The van der Waals surface area contributed by atoms with Crippen LogP contribution in [0.5, 0.6) is 0 Å². The zero-order valence-electron chi connectivity index (χ0n) is 34.3. The van der Waals surface area contributed by atoms with Gasteiger partial charge in [0, 0.05) is 18.9 Å². The highest BCUT2D eigenvalue weighted by Crippen LogP contribution is 2.57. The number of nitrogens with two attached hydrogens (primary N) is 1. The predicted molar refractivity (Wildman–Crippen MR) is 224 cm³/mol. The molecule has 3 aromatic rings. The molecule has 0 aliphatic heterocycles. The second-order valence-electron chi connectivity index (χ2n) is 16.8. The maximum atomic E-state index is 13.8. The van der Waals surface area contributed by atoms with E-state index in [1.165, 1.54) is 13.8 Å². The molecular weight excluding hydrogens is 727 g/mol. The van der Waals surface area contributed by atoms with Crippen molar-refractivity contribution in [1.82, 2.24) is 16.0 Å². The molecule has 3 rings (SSSR count). The second kappa shape index (κ2) is 19.5. The van der Waals surface area contributed by atoms with Crippen molar-refractivity contribution in [3.05, 3.63) is 109 Å². The number of hydrogen-bond donors (Lipinski definition) is 4. The standard InChI is InChI=1S/C44H61N4O7P/c1-11-16-31(25-35-19-15-18-34-17-13-14-20-36(34)35)28-46-40(51)37(27-38(45)49)47-41(52)44(9,10)48-39(50)26-32(12-2)33-23-21-30(22-24-33)29-56(53,54-42(3,4)5)55-43(6,7)8/h11-15,17-24,31-32,37H,1-2,16,25-29H2,3-10H3,(H2,45,49)(H,46,51)(H,47,52)(H,48,50)/t31-,32-,37-/m0/s1. The van der Waals surface area contributed by atoms with Crippen LogP contribution < -0.4 is 21.7 Å². The first-order chi connectivity index (χ1) is 26.0. The number of benzene rings is 3. The van der Waals surface area contributed by atoms with E-state index in [0.29, 0.717) is 12.8 Å². The van der Waals surface area contributed by atoms with Gasteiger partial charge in [0.15, 0.2) is 0 Å². The fraction of sp³-hybridized carbons (Fsp3) is 0.455. The Kier molecular flexibility index (Phi) is 16.0. The molecule has 11 nitrogen and oxygen atoms in total. The molecule has 0 heterocycles. The number of carbonyl (C=O) groups is 4. The third-order valence-corrected chi connectivity index (χ3v) is 11.2. The van der Waals surface area contributed by atoms with Gasteiger partial charge in [-0.1, -0.05) is 78.9 Å². The number of hydrogen-bond acceptors (Lipinski definition) is 7. The van der Waals surface area contributed by atoms with Crippen molar-refractivity contribution >= 4 is 42.0 Å². The number of allylic oxidation sites excluding steroid dienone is 2. The van der Waals surface area contributed by atoms with Crippen molar-refractivity contribution in [2.24, 2.45) is 11.7 Å². The van der Waals surface area contributed by atoms with Crippen LogP contribution in [0.3, 0.4) is 0 Å². The Bertz CT molecular complexity index is 1890. The van der Waals surface area contributed by atoms with E-state index in [4.69, 9.17) is 14.8 Å². The average molecular weight is 789 g/mol. The summed E-state index contributed by atoms with van der Waals surface area (Å²) in [5, 5.41) is 10.5. The van der Waals surface area contributed by atoms with E-state index in [9.17, 15) is 23.7 Å². The van der Waals surface area contributed by atoms with Crippen LogP contribution in [0.25, 0.3) is 10.8 Å². The Balaban J connectivity index is 1.64. The Labute approximate surface area is 332 Å².